The largest absolute Gasteiger partial charge is 0.453 e. The maximum absolute atomic E-state index is 12.5. The van der Waals surface area contributed by atoms with Gasteiger partial charge in [0.1, 0.15) is 0 Å². The molecule has 0 aromatic rings. The standard InChI is InChI=1S/C20H26O5/c21-16(25-17-3-1-2-6-23-17)10-24-20(22)15-9-13-8-14(15)19-12-5-4-11(7-12)18(13)19/h4-5,11-15,17-19H,1-3,6-10H2. The molecule has 0 spiro atoms. The summed E-state index contributed by atoms with van der Waals surface area (Å²) in [6.07, 6.45) is 10.5. The first-order valence-electron chi connectivity index (χ1n) is 9.87. The lowest BCUT2D eigenvalue weighted by Crippen LogP contribution is -2.36. The lowest BCUT2D eigenvalue weighted by molar-refractivity contribution is -0.193. The summed E-state index contributed by atoms with van der Waals surface area (Å²) in [5.41, 5.74) is 0. The second-order valence-corrected chi connectivity index (χ2v) is 8.50. The molecule has 8 atom stereocenters. The summed E-state index contributed by atoms with van der Waals surface area (Å²) in [6.45, 7) is 0.342. The molecule has 0 N–H and O–H groups in total. The Balaban J connectivity index is 1.14. The zero-order valence-corrected chi connectivity index (χ0v) is 14.5. The minimum absolute atomic E-state index is 0.0160. The Labute approximate surface area is 148 Å². The SMILES string of the molecule is O=C(COC(=O)C1CC2CC1C1C3C=CC(C3)C21)OC1CCCCO1. The third-order valence-corrected chi connectivity index (χ3v) is 7.31. The third kappa shape index (κ3) is 2.62. The summed E-state index contributed by atoms with van der Waals surface area (Å²) in [6, 6.07) is 0. The van der Waals surface area contributed by atoms with E-state index in [1.54, 1.807) is 0 Å². The molecular formula is C20H26O5. The molecule has 5 heteroatoms. The summed E-state index contributed by atoms with van der Waals surface area (Å²) in [5.74, 6) is 3.34. The van der Waals surface area contributed by atoms with E-state index < -0.39 is 12.3 Å². The highest BCUT2D eigenvalue weighted by molar-refractivity contribution is 5.78. The second kappa shape index (κ2) is 6.11. The van der Waals surface area contributed by atoms with Crippen molar-refractivity contribution in [1.29, 1.82) is 0 Å². The van der Waals surface area contributed by atoms with E-state index in [4.69, 9.17) is 14.2 Å². The smallest absolute Gasteiger partial charge is 0.346 e. The molecule has 1 heterocycles. The van der Waals surface area contributed by atoms with Crippen molar-refractivity contribution >= 4 is 11.9 Å². The van der Waals surface area contributed by atoms with E-state index in [0.717, 1.165) is 37.5 Å². The highest BCUT2D eigenvalue weighted by atomic mass is 16.7. The Bertz CT molecular complexity index is 593. The van der Waals surface area contributed by atoms with Gasteiger partial charge in [-0.3, -0.25) is 4.79 Å². The molecule has 4 bridgehead atoms. The number of allylic oxidation sites excluding steroid dienone is 2. The molecule has 1 aliphatic heterocycles. The predicted octanol–water partition coefficient (Wildman–Crippen LogP) is 2.69. The fourth-order valence-electron chi connectivity index (χ4n) is 6.51. The normalized spacial score (nSPS) is 46.2. The quantitative estimate of drug-likeness (QED) is 0.445. The first-order valence-corrected chi connectivity index (χ1v) is 9.87. The average molecular weight is 346 g/mol. The van der Waals surface area contributed by atoms with Crippen LogP contribution in [0.25, 0.3) is 0 Å². The van der Waals surface area contributed by atoms with Gasteiger partial charge in [-0.2, -0.15) is 0 Å². The van der Waals surface area contributed by atoms with Gasteiger partial charge >= 0.3 is 11.9 Å². The Morgan fingerprint density at radius 2 is 1.88 bits per heavy atom. The van der Waals surface area contributed by atoms with Crippen molar-refractivity contribution in [3.05, 3.63) is 12.2 Å². The summed E-state index contributed by atoms with van der Waals surface area (Å²) in [5, 5.41) is 0. The maximum atomic E-state index is 12.5. The Hall–Kier alpha value is -1.36. The maximum Gasteiger partial charge on any atom is 0.346 e. The van der Waals surface area contributed by atoms with Crippen LogP contribution in [-0.4, -0.2) is 31.4 Å². The van der Waals surface area contributed by atoms with Crippen molar-refractivity contribution in [2.75, 3.05) is 13.2 Å². The van der Waals surface area contributed by atoms with Gasteiger partial charge < -0.3 is 14.2 Å². The molecule has 0 aromatic heterocycles. The monoisotopic (exact) mass is 346 g/mol. The van der Waals surface area contributed by atoms with Crippen LogP contribution in [0.2, 0.25) is 0 Å². The highest BCUT2D eigenvalue weighted by Crippen LogP contribution is 2.67. The Kier molecular flexibility index (Phi) is 3.88. The number of ether oxygens (including phenoxy) is 3. The number of esters is 2. The van der Waals surface area contributed by atoms with E-state index in [1.165, 1.54) is 12.8 Å². The highest BCUT2D eigenvalue weighted by Gasteiger charge is 2.62. The second-order valence-electron chi connectivity index (χ2n) is 8.50. The van der Waals surface area contributed by atoms with Crippen molar-refractivity contribution in [2.24, 2.45) is 41.4 Å². The molecule has 136 valence electrons. The van der Waals surface area contributed by atoms with Crippen LogP contribution in [0.15, 0.2) is 12.2 Å². The van der Waals surface area contributed by atoms with E-state index in [1.807, 2.05) is 0 Å². The predicted molar refractivity (Wildman–Crippen MR) is 88.1 cm³/mol. The number of fused-ring (bicyclic) bond motifs is 9. The van der Waals surface area contributed by atoms with Crippen molar-refractivity contribution in [1.82, 2.24) is 0 Å². The van der Waals surface area contributed by atoms with E-state index >= 15 is 0 Å². The number of hydrogen-bond donors (Lipinski definition) is 0. The molecule has 1 saturated heterocycles. The lowest BCUT2D eigenvalue weighted by atomic mass is 9.69. The van der Waals surface area contributed by atoms with E-state index in [9.17, 15) is 9.59 Å². The fraction of sp³-hybridized carbons (Fsp3) is 0.800. The number of carbonyl (C=O) groups excluding carboxylic acids is 2. The van der Waals surface area contributed by atoms with E-state index in [-0.39, 0.29) is 18.5 Å². The molecule has 8 unspecified atom stereocenters. The summed E-state index contributed by atoms with van der Waals surface area (Å²) >= 11 is 0. The van der Waals surface area contributed by atoms with Crippen LogP contribution in [0, 0.1) is 41.4 Å². The first-order chi connectivity index (χ1) is 12.2. The van der Waals surface area contributed by atoms with Crippen molar-refractivity contribution in [3.8, 4) is 0 Å². The van der Waals surface area contributed by atoms with Crippen LogP contribution in [0.5, 0.6) is 0 Å². The molecule has 5 rings (SSSR count). The van der Waals surface area contributed by atoms with Crippen LogP contribution in [0.4, 0.5) is 0 Å². The van der Waals surface area contributed by atoms with Gasteiger partial charge in [0.2, 0.25) is 6.29 Å². The fourth-order valence-corrected chi connectivity index (χ4v) is 6.51. The number of rotatable bonds is 4. The van der Waals surface area contributed by atoms with Crippen LogP contribution >= 0.6 is 0 Å². The van der Waals surface area contributed by atoms with Gasteiger partial charge in [-0.05, 0) is 67.6 Å². The Morgan fingerprint density at radius 3 is 2.68 bits per heavy atom. The van der Waals surface area contributed by atoms with Crippen molar-refractivity contribution in [3.63, 3.8) is 0 Å². The van der Waals surface area contributed by atoms with Crippen LogP contribution < -0.4 is 0 Å². The molecule has 3 saturated carbocycles. The lowest BCUT2D eigenvalue weighted by Gasteiger charge is -2.35. The van der Waals surface area contributed by atoms with Crippen LogP contribution in [-0.2, 0) is 23.8 Å². The zero-order chi connectivity index (χ0) is 17.0. The summed E-state index contributed by atoms with van der Waals surface area (Å²) in [7, 11) is 0. The molecule has 0 amide bonds. The molecule has 4 fully saturated rings. The zero-order valence-electron chi connectivity index (χ0n) is 14.5. The molecule has 4 aliphatic carbocycles. The van der Waals surface area contributed by atoms with Crippen LogP contribution in [0.1, 0.15) is 38.5 Å². The van der Waals surface area contributed by atoms with Crippen molar-refractivity contribution in [2.45, 2.75) is 44.8 Å². The molecule has 5 aliphatic rings. The van der Waals surface area contributed by atoms with Gasteiger partial charge in [-0.1, -0.05) is 12.2 Å². The molecule has 0 aromatic carbocycles. The Morgan fingerprint density at radius 1 is 1.04 bits per heavy atom. The molecule has 0 radical (unpaired) electrons. The summed E-state index contributed by atoms with van der Waals surface area (Å²) < 4.78 is 15.9. The van der Waals surface area contributed by atoms with Gasteiger partial charge in [-0.25, -0.2) is 4.79 Å². The van der Waals surface area contributed by atoms with Gasteiger partial charge in [-0.15, -0.1) is 0 Å². The van der Waals surface area contributed by atoms with Crippen LogP contribution in [0.3, 0.4) is 0 Å². The number of hydrogen-bond acceptors (Lipinski definition) is 5. The molecule has 5 nitrogen and oxygen atoms in total. The summed E-state index contributed by atoms with van der Waals surface area (Å²) in [4.78, 5) is 24.4. The van der Waals surface area contributed by atoms with Crippen molar-refractivity contribution < 1.29 is 23.8 Å². The third-order valence-electron chi connectivity index (χ3n) is 7.31. The first kappa shape index (κ1) is 15.9. The van der Waals surface area contributed by atoms with Gasteiger partial charge in [0.05, 0.1) is 12.5 Å². The molecular weight excluding hydrogens is 320 g/mol. The molecule has 25 heavy (non-hydrogen) atoms. The minimum Gasteiger partial charge on any atom is -0.453 e. The van der Waals surface area contributed by atoms with Gasteiger partial charge in [0.15, 0.2) is 6.61 Å². The average Bonchev–Trinajstić information content (AvgIpc) is 3.38. The van der Waals surface area contributed by atoms with E-state index in [2.05, 4.69) is 12.2 Å². The van der Waals surface area contributed by atoms with Gasteiger partial charge in [0, 0.05) is 6.42 Å². The van der Waals surface area contributed by atoms with Gasteiger partial charge in [0.25, 0.3) is 0 Å². The topological polar surface area (TPSA) is 61.8 Å². The number of carbonyl (C=O) groups is 2. The minimum atomic E-state index is -0.496. The van der Waals surface area contributed by atoms with E-state index in [0.29, 0.717) is 30.3 Å².